The summed E-state index contributed by atoms with van der Waals surface area (Å²) in [6.07, 6.45) is -2.00. The van der Waals surface area contributed by atoms with Crippen LogP contribution in [0, 0.1) is 6.07 Å². The summed E-state index contributed by atoms with van der Waals surface area (Å²) in [5.74, 6) is 0.169. The zero-order chi connectivity index (χ0) is 10.2. The molecule has 0 amide bonds. The van der Waals surface area contributed by atoms with Crippen molar-refractivity contribution < 1.29 is 22.6 Å². The third-order valence-corrected chi connectivity index (χ3v) is 1.63. The molecule has 0 bridgehead atoms. The average molecular weight is 201 g/mol. The van der Waals surface area contributed by atoms with Gasteiger partial charge in [0.15, 0.2) is 11.5 Å². The molecule has 2 rings (SSSR count). The fourth-order valence-corrected chi connectivity index (χ4v) is 1.00. The van der Waals surface area contributed by atoms with E-state index < -0.39 is 11.7 Å². The number of hydrogen-bond donors (Lipinski definition) is 0. The quantitative estimate of drug-likeness (QED) is 0.642. The zero-order valence-electron chi connectivity index (χ0n) is 6.76. The third-order valence-electron chi connectivity index (χ3n) is 1.63. The Morgan fingerprint density at radius 3 is 2.57 bits per heavy atom. The Kier molecular flexibility index (Phi) is 1.87. The molecule has 0 saturated heterocycles. The summed E-state index contributed by atoms with van der Waals surface area (Å²) in [4.78, 5) is 0. The number of ether oxygens (including phenoxy) is 2. The second-order valence-electron chi connectivity index (χ2n) is 2.59. The van der Waals surface area contributed by atoms with E-state index in [1.54, 1.807) is 0 Å². The number of benzene rings is 1. The standard InChI is InChI=1S/C9H4F3O2/c10-9(11,12)6-1-2-7-8(5-6)14-4-3-13-7/h1,3-5H. The summed E-state index contributed by atoms with van der Waals surface area (Å²) < 4.78 is 46.4. The number of rotatable bonds is 0. The van der Waals surface area contributed by atoms with Crippen molar-refractivity contribution in [2.45, 2.75) is 6.18 Å². The zero-order valence-corrected chi connectivity index (χ0v) is 6.76. The lowest BCUT2D eigenvalue weighted by Crippen LogP contribution is -2.06. The summed E-state index contributed by atoms with van der Waals surface area (Å²) in [7, 11) is 0. The van der Waals surface area contributed by atoms with E-state index in [0.29, 0.717) is 0 Å². The molecule has 14 heavy (non-hydrogen) atoms. The topological polar surface area (TPSA) is 18.5 Å². The second kappa shape index (κ2) is 2.94. The van der Waals surface area contributed by atoms with Gasteiger partial charge in [0.2, 0.25) is 0 Å². The van der Waals surface area contributed by atoms with Gasteiger partial charge < -0.3 is 9.47 Å². The van der Waals surface area contributed by atoms with Gasteiger partial charge >= 0.3 is 6.18 Å². The molecule has 1 aliphatic rings. The number of alkyl halides is 3. The largest absolute Gasteiger partial charge is 0.458 e. The lowest BCUT2D eigenvalue weighted by Gasteiger charge is -2.13. The molecule has 1 aromatic rings. The van der Waals surface area contributed by atoms with Gasteiger partial charge in [-0.15, -0.1) is 0 Å². The average Bonchev–Trinajstić information content (AvgIpc) is 2.16. The first kappa shape index (κ1) is 8.93. The Balaban J connectivity index is 2.41. The molecule has 0 saturated carbocycles. The van der Waals surface area contributed by atoms with Crippen LogP contribution in [0.3, 0.4) is 0 Å². The molecule has 0 aliphatic carbocycles. The van der Waals surface area contributed by atoms with Gasteiger partial charge in [-0.05, 0) is 12.1 Å². The highest BCUT2D eigenvalue weighted by atomic mass is 19.4. The molecule has 0 spiro atoms. The molecular weight excluding hydrogens is 197 g/mol. The third kappa shape index (κ3) is 1.53. The smallest absolute Gasteiger partial charge is 0.416 e. The molecule has 0 atom stereocenters. The summed E-state index contributed by atoms with van der Waals surface area (Å²) in [6.45, 7) is 0. The van der Waals surface area contributed by atoms with Gasteiger partial charge in [0, 0.05) is 6.07 Å². The van der Waals surface area contributed by atoms with Crippen molar-refractivity contribution in [2.24, 2.45) is 0 Å². The predicted octanol–water partition coefficient (Wildman–Crippen LogP) is 2.75. The van der Waals surface area contributed by atoms with Gasteiger partial charge in [0.1, 0.15) is 12.5 Å². The highest BCUT2D eigenvalue weighted by Crippen LogP contribution is 2.37. The highest BCUT2D eigenvalue weighted by Gasteiger charge is 2.31. The van der Waals surface area contributed by atoms with E-state index in [0.717, 1.165) is 18.4 Å². The second-order valence-corrected chi connectivity index (χ2v) is 2.59. The van der Waals surface area contributed by atoms with Crippen LogP contribution in [-0.2, 0) is 6.18 Å². The minimum Gasteiger partial charge on any atom is -0.458 e. The Morgan fingerprint density at radius 1 is 1.14 bits per heavy atom. The monoisotopic (exact) mass is 201 g/mol. The summed E-state index contributed by atoms with van der Waals surface area (Å²) >= 11 is 0. The van der Waals surface area contributed by atoms with E-state index >= 15 is 0 Å². The van der Waals surface area contributed by atoms with E-state index in [4.69, 9.17) is 9.47 Å². The van der Waals surface area contributed by atoms with Crippen LogP contribution < -0.4 is 9.47 Å². The molecule has 0 unspecified atom stereocenters. The Labute approximate surface area is 77.6 Å². The van der Waals surface area contributed by atoms with Crippen LogP contribution in [0.25, 0.3) is 0 Å². The van der Waals surface area contributed by atoms with E-state index in [9.17, 15) is 13.2 Å². The van der Waals surface area contributed by atoms with Gasteiger partial charge in [0.05, 0.1) is 5.56 Å². The van der Waals surface area contributed by atoms with Crippen LogP contribution in [0.1, 0.15) is 5.56 Å². The molecule has 0 N–H and O–H groups in total. The predicted molar refractivity (Wildman–Crippen MR) is 40.7 cm³/mol. The molecule has 73 valence electrons. The molecule has 0 aromatic heterocycles. The highest BCUT2D eigenvalue weighted by molar-refractivity contribution is 5.44. The Morgan fingerprint density at radius 2 is 1.86 bits per heavy atom. The fraction of sp³-hybridized carbons (Fsp3) is 0.111. The van der Waals surface area contributed by atoms with Crippen LogP contribution in [0.15, 0.2) is 24.7 Å². The van der Waals surface area contributed by atoms with Gasteiger partial charge in [-0.3, -0.25) is 0 Å². The number of hydrogen-bond acceptors (Lipinski definition) is 2. The normalized spacial score (nSPS) is 14.2. The summed E-state index contributed by atoms with van der Waals surface area (Å²) in [6, 6.07) is 4.04. The maximum absolute atomic E-state index is 12.2. The molecule has 2 nitrogen and oxygen atoms in total. The van der Waals surface area contributed by atoms with Gasteiger partial charge in [-0.1, -0.05) is 0 Å². The lowest BCUT2D eigenvalue weighted by atomic mass is 10.2. The molecule has 5 heteroatoms. The minimum atomic E-state index is -4.39. The Bertz CT molecular complexity index is 382. The Hall–Kier alpha value is -1.65. The SMILES string of the molecule is FC(F)(F)c1c[c]c2c(c1)OC=CO2. The van der Waals surface area contributed by atoms with Crippen molar-refractivity contribution in [3.8, 4) is 11.5 Å². The van der Waals surface area contributed by atoms with Crippen molar-refractivity contribution in [3.05, 3.63) is 36.3 Å². The van der Waals surface area contributed by atoms with Crippen LogP contribution in [0.2, 0.25) is 0 Å². The molecule has 1 heterocycles. The first-order valence-electron chi connectivity index (χ1n) is 3.68. The maximum Gasteiger partial charge on any atom is 0.416 e. The van der Waals surface area contributed by atoms with Crippen LogP contribution in [0.5, 0.6) is 11.5 Å². The van der Waals surface area contributed by atoms with E-state index in [2.05, 4.69) is 6.07 Å². The molecule has 1 aliphatic heterocycles. The van der Waals surface area contributed by atoms with Crippen LogP contribution in [-0.4, -0.2) is 0 Å². The van der Waals surface area contributed by atoms with E-state index in [1.165, 1.54) is 6.26 Å². The van der Waals surface area contributed by atoms with Gasteiger partial charge in [-0.2, -0.15) is 13.2 Å². The summed E-state index contributed by atoms with van der Waals surface area (Å²) in [5.41, 5.74) is -0.810. The molecular formula is C9H4F3O2. The maximum atomic E-state index is 12.2. The minimum absolute atomic E-state index is 0.0160. The first-order valence-corrected chi connectivity index (χ1v) is 3.68. The van der Waals surface area contributed by atoms with Gasteiger partial charge in [-0.25, -0.2) is 0 Å². The van der Waals surface area contributed by atoms with Crippen molar-refractivity contribution >= 4 is 0 Å². The van der Waals surface area contributed by atoms with Crippen LogP contribution >= 0.6 is 0 Å². The van der Waals surface area contributed by atoms with Gasteiger partial charge in [0.25, 0.3) is 0 Å². The van der Waals surface area contributed by atoms with E-state index in [-0.39, 0.29) is 11.5 Å². The number of fused-ring (bicyclic) bond motifs is 1. The van der Waals surface area contributed by atoms with Crippen molar-refractivity contribution in [1.29, 1.82) is 0 Å². The molecule has 0 fully saturated rings. The number of halogens is 3. The molecule has 1 aromatic carbocycles. The lowest BCUT2D eigenvalue weighted by molar-refractivity contribution is -0.137. The van der Waals surface area contributed by atoms with Crippen molar-refractivity contribution in [3.63, 3.8) is 0 Å². The first-order chi connectivity index (χ1) is 6.57. The summed E-state index contributed by atoms with van der Waals surface area (Å²) in [5, 5.41) is 0. The van der Waals surface area contributed by atoms with Crippen LogP contribution in [0.4, 0.5) is 13.2 Å². The van der Waals surface area contributed by atoms with E-state index in [1.807, 2.05) is 0 Å². The fourth-order valence-electron chi connectivity index (χ4n) is 1.00. The van der Waals surface area contributed by atoms with Crippen molar-refractivity contribution in [1.82, 2.24) is 0 Å². The van der Waals surface area contributed by atoms with Crippen molar-refractivity contribution in [2.75, 3.05) is 0 Å². The molecule has 1 radical (unpaired) electrons.